The Bertz CT molecular complexity index is 638. The lowest BCUT2D eigenvalue weighted by atomic mass is 10.1. The van der Waals surface area contributed by atoms with Gasteiger partial charge in [0.05, 0.1) is 5.69 Å². The van der Waals surface area contributed by atoms with Crippen LogP contribution in [0.25, 0.3) is 5.69 Å². The van der Waals surface area contributed by atoms with Gasteiger partial charge in [0.25, 0.3) is 5.56 Å². The molecule has 20 heavy (non-hydrogen) atoms. The van der Waals surface area contributed by atoms with E-state index >= 15 is 0 Å². The molecular weight excluding hydrogens is 252 g/mol. The number of aryl methyl sites for hydroxylation is 1. The fraction of sp³-hybridized carbons (Fsp3) is 0.375. The number of benzene rings is 1. The third-order valence-corrected chi connectivity index (χ3v) is 3.37. The molecule has 1 heterocycles. The molecular formula is C16H20N2O2. The molecule has 106 valence electrons. The van der Waals surface area contributed by atoms with Gasteiger partial charge in [-0.15, -0.1) is 0 Å². The van der Waals surface area contributed by atoms with Crippen LogP contribution in [-0.4, -0.2) is 15.6 Å². The van der Waals surface area contributed by atoms with E-state index in [0.29, 0.717) is 17.7 Å². The maximum Gasteiger partial charge on any atom is 0.282 e. The molecule has 0 unspecified atom stereocenters. The molecule has 0 aliphatic heterocycles. The topological polar surface area (TPSA) is 54.9 Å². The normalized spacial score (nSPS) is 10.7. The Kier molecular flexibility index (Phi) is 4.56. The van der Waals surface area contributed by atoms with Gasteiger partial charge < -0.3 is 0 Å². The molecule has 0 saturated heterocycles. The highest BCUT2D eigenvalue weighted by Crippen LogP contribution is 2.10. The van der Waals surface area contributed by atoms with E-state index in [-0.39, 0.29) is 11.3 Å². The molecule has 4 heteroatoms. The van der Waals surface area contributed by atoms with Crippen molar-refractivity contribution < 1.29 is 4.79 Å². The number of ketones is 1. The fourth-order valence-electron chi connectivity index (χ4n) is 2.29. The van der Waals surface area contributed by atoms with E-state index in [9.17, 15) is 9.59 Å². The minimum absolute atomic E-state index is 0.0631. The molecule has 0 aliphatic carbocycles. The number of aromatic amines is 1. The molecule has 0 radical (unpaired) electrons. The summed E-state index contributed by atoms with van der Waals surface area (Å²) in [5.74, 6) is -0.0631. The van der Waals surface area contributed by atoms with Crippen molar-refractivity contribution in [2.24, 2.45) is 0 Å². The van der Waals surface area contributed by atoms with Crippen LogP contribution in [0.4, 0.5) is 0 Å². The number of aromatic nitrogens is 2. The summed E-state index contributed by atoms with van der Waals surface area (Å²) in [4.78, 5) is 24.5. The van der Waals surface area contributed by atoms with Crippen molar-refractivity contribution in [3.05, 3.63) is 51.9 Å². The first-order valence-corrected chi connectivity index (χ1v) is 7.05. The number of rotatable bonds is 6. The average Bonchev–Trinajstić information content (AvgIpc) is 2.75. The Morgan fingerprint density at radius 2 is 1.90 bits per heavy atom. The zero-order valence-electron chi connectivity index (χ0n) is 12.0. The number of H-pyrrole nitrogens is 1. The van der Waals surface area contributed by atoms with E-state index in [1.807, 2.05) is 30.3 Å². The van der Waals surface area contributed by atoms with Crippen LogP contribution in [0, 0.1) is 6.92 Å². The number of carbonyl (C=O) groups is 1. The molecule has 0 spiro atoms. The minimum Gasteiger partial charge on any atom is -0.295 e. The number of nitrogens with zero attached hydrogens (tertiary/aromatic N) is 1. The predicted molar refractivity (Wildman–Crippen MR) is 79.6 cm³/mol. The molecule has 0 aliphatic rings. The number of unbranched alkanes of at least 4 members (excludes halogenated alkanes) is 2. The third kappa shape index (κ3) is 2.90. The number of Topliss-reactive ketones (excluding diaryl/α,β-unsaturated/α-hetero) is 1. The fourth-order valence-corrected chi connectivity index (χ4v) is 2.29. The first kappa shape index (κ1) is 14.3. The lowest BCUT2D eigenvalue weighted by molar-refractivity contribution is 0.0977. The summed E-state index contributed by atoms with van der Waals surface area (Å²) in [5.41, 5.74) is 1.42. The van der Waals surface area contributed by atoms with E-state index < -0.39 is 0 Å². The van der Waals surface area contributed by atoms with Crippen molar-refractivity contribution >= 4 is 5.78 Å². The van der Waals surface area contributed by atoms with E-state index in [1.54, 1.807) is 6.92 Å². The van der Waals surface area contributed by atoms with Gasteiger partial charge in [0.15, 0.2) is 5.78 Å². The molecule has 0 amide bonds. The second kappa shape index (κ2) is 6.37. The number of hydrogen-bond acceptors (Lipinski definition) is 2. The molecule has 4 nitrogen and oxygen atoms in total. The van der Waals surface area contributed by atoms with Gasteiger partial charge >= 0.3 is 0 Å². The van der Waals surface area contributed by atoms with Crippen LogP contribution < -0.4 is 5.56 Å². The molecule has 1 aromatic carbocycles. The van der Waals surface area contributed by atoms with Crippen LogP contribution in [-0.2, 0) is 0 Å². The van der Waals surface area contributed by atoms with Gasteiger partial charge in [0, 0.05) is 12.1 Å². The van der Waals surface area contributed by atoms with Crippen molar-refractivity contribution in [2.75, 3.05) is 0 Å². The molecule has 1 aromatic heterocycles. The third-order valence-electron chi connectivity index (χ3n) is 3.37. The minimum atomic E-state index is -0.254. The van der Waals surface area contributed by atoms with Crippen LogP contribution in [0.3, 0.4) is 0 Å². The van der Waals surface area contributed by atoms with Gasteiger partial charge in [-0.2, -0.15) is 0 Å². The number of nitrogens with one attached hydrogen (secondary N) is 1. The Morgan fingerprint density at radius 1 is 1.20 bits per heavy atom. The van der Waals surface area contributed by atoms with Crippen LogP contribution >= 0.6 is 0 Å². The summed E-state index contributed by atoms with van der Waals surface area (Å²) in [6, 6.07) is 9.29. The van der Waals surface area contributed by atoms with Crippen LogP contribution in [0.1, 0.15) is 48.7 Å². The molecule has 1 N–H and O–H groups in total. The summed E-state index contributed by atoms with van der Waals surface area (Å²) in [7, 11) is 0. The molecule has 2 aromatic rings. The molecule has 0 saturated carbocycles. The lowest BCUT2D eigenvalue weighted by Gasteiger charge is -1.99. The van der Waals surface area contributed by atoms with Gasteiger partial charge in [-0.05, 0) is 25.5 Å². The van der Waals surface area contributed by atoms with Crippen molar-refractivity contribution in [3.8, 4) is 5.69 Å². The number of para-hydroxylation sites is 1. The van der Waals surface area contributed by atoms with E-state index in [0.717, 1.165) is 24.9 Å². The second-order valence-electron chi connectivity index (χ2n) is 4.97. The highest BCUT2D eigenvalue weighted by Gasteiger charge is 2.18. The van der Waals surface area contributed by atoms with Gasteiger partial charge in [-0.1, -0.05) is 38.0 Å². The summed E-state index contributed by atoms with van der Waals surface area (Å²) in [5, 5.41) is 2.98. The quantitative estimate of drug-likeness (QED) is 0.648. The smallest absolute Gasteiger partial charge is 0.282 e. The van der Waals surface area contributed by atoms with Crippen LogP contribution in [0.15, 0.2) is 35.1 Å². The van der Waals surface area contributed by atoms with E-state index in [4.69, 9.17) is 0 Å². The number of carbonyl (C=O) groups excluding carboxylic acids is 1. The monoisotopic (exact) mass is 272 g/mol. The highest BCUT2D eigenvalue weighted by molar-refractivity contribution is 5.96. The predicted octanol–water partition coefficient (Wildman–Crippen LogP) is 3.24. The summed E-state index contributed by atoms with van der Waals surface area (Å²) in [6.45, 7) is 3.86. The molecule has 0 atom stereocenters. The second-order valence-corrected chi connectivity index (χ2v) is 4.97. The van der Waals surface area contributed by atoms with Gasteiger partial charge in [0.1, 0.15) is 5.56 Å². The molecule has 2 rings (SSSR count). The zero-order valence-corrected chi connectivity index (χ0v) is 12.0. The van der Waals surface area contributed by atoms with Crippen molar-refractivity contribution in [1.82, 2.24) is 9.78 Å². The Hall–Kier alpha value is -2.10. The Morgan fingerprint density at radius 3 is 2.55 bits per heavy atom. The van der Waals surface area contributed by atoms with Gasteiger partial charge in [0.2, 0.25) is 0 Å². The SMILES string of the molecule is CCCCCC(=O)c1c(C)[nH]n(-c2ccccc2)c1=O. The maximum absolute atomic E-state index is 12.4. The van der Waals surface area contributed by atoms with Gasteiger partial charge in [-0.25, -0.2) is 4.68 Å². The van der Waals surface area contributed by atoms with Gasteiger partial charge in [-0.3, -0.25) is 14.7 Å². The molecule has 0 fully saturated rings. The van der Waals surface area contributed by atoms with Crippen molar-refractivity contribution in [2.45, 2.75) is 39.5 Å². The Balaban J connectivity index is 2.30. The van der Waals surface area contributed by atoms with Crippen LogP contribution in [0.2, 0.25) is 0 Å². The summed E-state index contributed by atoms with van der Waals surface area (Å²) >= 11 is 0. The average molecular weight is 272 g/mol. The summed E-state index contributed by atoms with van der Waals surface area (Å²) in [6.07, 6.45) is 3.36. The standard InChI is InChI=1S/C16H20N2O2/c1-3-4-6-11-14(19)15-12(2)17-18(16(15)20)13-9-7-5-8-10-13/h5,7-10,17H,3-4,6,11H2,1-2H3. The first-order valence-electron chi connectivity index (χ1n) is 7.05. The zero-order chi connectivity index (χ0) is 14.5. The van der Waals surface area contributed by atoms with E-state index in [2.05, 4.69) is 12.0 Å². The van der Waals surface area contributed by atoms with Crippen molar-refractivity contribution in [1.29, 1.82) is 0 Å². The van der Waals surface area contributed by atoms with E-state index in [1.165, 1.54) is 4.68 Å². The summed E-state index contributed by atoms with van der Waals surface area (Å²) < 4.78 is 1.43. The number of hydrogen-bond donors (Lipinski definition) is 1. The Labute approximate surface area is 118 Å². The largest absolute Gasteiger partial charge is 0.295 e. The highest BCUT2D eigenvalue weighted by atomic mass is 16.2. The lowest BCUT2D eigenvalue weighted by Crippen LogP contribution is -2.20. The maximum atomic E-state index is 12.4. The van der Waals surface area contributed by atoms with Crippen LogP contribution in [0.5, 0.6) is 0 Å². The molecule has 0 bridgehead atoms. The van der Waals surface area contributed by atoms with Crippen molar-refractivity contribution in [3.63, 3.8) is 0 Å². The first-order chi connectivity index (χ1) is 9.65.